The molecule has 4 rings (SSSR count). The number of benzene rings is 2. The summed E-state index contributed by atoms with van der Waals surface area (Å²) in [6.45, 7) is 0.606. The first-order chi connectivity index (χ1) is 12.6. The van der Waals surface area contributed by atoms with Crippen molar-refractivity contribution in [2.24, 2.45) is 0 Å². The van der Waals surface area contributed by atoms with E-state index in [9.17, 15) is 14.0 Å². The van der Waals surface area contributed by atoms with Gasteiger partial charge in [0, 0.05) is 18.3 Å². The standard InChI is InChI=1S/C19H18FN3O3/c20-13-5-3-12(4-6-13)16-2-1-9-23(16)19(25)21-14-7-8-15-17(10-14)26-11-18(24)22-15/h3-8,10,16H,1-2,9,11H2,(H,21,25)(H,22,24). The Morgan fingerprint density at radius 3 is 2.85 bits per heavy atom. The van der Waals surface area contributed by atoms with Crippen molar-refractivity contribution in [1.29, 1.82) is 0 Å². The SMILES string of the molecule is O=C1COc2cc(NC(=O)N3CCCC3c3ccc(F)cc3)ccc2N1. The summed E-state index contributed by atoms with van der Waals surface area (Å²) in [5.74, 6) is 0.0382. The number of anilines is 2. The Balaban J connectivity index is 1.49. The minimum Gasteiger partial charge on any atom is -0.482 e. The molecule has 6 nitrogen and oxygen atoms in total. The smallest absolute Gasteiger partial charge is 0.322 e. The molecule has 0 bridgehead atoms. The van der Waals surface area contributed by atoms with Crippen LogP contribution in [-0.4, -0.2) is 30.0 Å². The predicted molar refractivity (Wildman–Crippen MR) is 94.7 cm³/mol. The second-order valence-electron chi connectivity index (χ2n) is 6.38. The van der Waals surface area contributed by atoms with E-state index in [-0.39, 0.29) is 30.4 Å². The van der Waals surface area contributed by atoms with Gasteiger partial charge in [-0.2, -0.15) is 0 Å². The highest BCUT2D eigenvalue weighted by Gasteiger charge is 2.30. The number of nitrogens with one attached hydrogen (secondary N) is 2. The van der Waals surface area contributed by atoms with E-state index in [0.29, 0.717) is 23.7 Å². The van der Waals surface area contributed by atoms with Crippen molar-refractivity contribution in [3.05, 3.63) is 53.8 Å². The number of carbonyl (C=O) groups is 2. The summed E-state index contributed by atoms with van der Waals surface area (Å²) in [5.41, 5.74) is 2.11. The minimum atomic E-state index is -0.288. The first-order valence-corrected chi connectivity index (χ1v) is 8.50. The molecule has 2 aliphatic rings. The average Bonchev–Trinajstić information content (AvgIpc) is 3.12. The molecule has 0 saturated carbocycles. The molecule has 2 aliphatic heterocycles. The van der Waals surface area contributed by atoms with Gasteiger partial charge >= 0.3 is 6.03 Å². The van der Waals surface area contributed by atoms with E-state index in [2.05, 4.69) is 10.6 Å². The highest BCUT2D eigenvalue weighted by atomic mass is 19.1. The highest BCUT2D eigenvalue weighted by molar-refractivity contribution is 5.96. The van der Waals surface area contributed by atoms with Gasteiger partial charge in [-0.25, -0.2) is 9.18 Å². The molecule has 2 aromatic rings. The molecule has 0 aliphatic carbocycles. The van der Waals surface area contributed by atoms with Crippen molar-refractivity contribution in [3.8, 4) is 5.75 Å². The van der Waals surface area contributed by atoms with Crippen LogP contribution in [0.25, 0.3) is 0 Å². The number of rotatable bonds is 2. The Labute approximate surface area is 149 Å². The largest absolute Gasteiger partial charge is 0.482 e. The van der Waals surface area contributed by atoms with E-state index < -0.39 is 0 Å². The number of fused-ring (bicyclic) bond motifs is 1. The maximum Gasteiger partial charge on any atom is 0.322 e. The van der Waals surface area contributed by atoms with Crippen LogP contribution in [0.15, 0.2) is 42.5 Å². The molecule has 1 fully saturated rings. The molecular formula is C19H18FN3O3. The maximum atomic E-state index is 13.1. The normalized spacial score (nSPS) is 18.7. The molecule has 3 amide bonds. The number of carbonyl (C=O) groups excluding carboxylic acids is 2. The van der Waals surface area contributed by atoms with E-state index in [4.69, 9.17) is 4.74 Å². The number of urea groups is 1. The van der Waals surface area contributed by atoms with Gasteiger partial charge in [0.2, 0.25) is 0 Å². The van der Waals surface area contributed by atoms with Gasteiger partial charge in [-0.1, -0.05) is 12.1 Å². The van der Waals surface area contributed by atoms with Crippen molar-refractivity contribution in [2.45, 2.75) is 18.9 Å². The third-order valence-corrected chi connectivity index (χ3v) is 4.63. The third-order valence-electron chi connectivity index (χ3n) is 4.63. The monoisotopic (exact) mass is 355 g/mol. The van der Waals surface area contributed by atoms with Crippen molar-refractivity contribution in [2.75, 3.05) is 23.8 Å². The van der Waals surface area contributed by atoms with Gasteiger partial charge < -0.3 is 20.3 Å². The predicted octanol–water partition coefficient (Wildman–Crippen LogP) is 3.53. The minimum absolute atomic E-state index is 0.0385. The lowest BCUT2D eigenvalue weighted by atomic mass is 10.0. The van der Waals surface area contributed by atoms with Gasteiger partial charge in [0.15, 0.2) is 6.61 Å². The number of hydrogen-bond donors (Lipinski definition) is 2. The molecule has 26 heavy (non-hydrogen) atoms. The number of nitrogens with zero attached hydrogens (tertiary/aromatic N) is 1. The molecule has 2 N–H and O–H groups in total. The summed E-state index contributed by atoms with van der Waals surface area (Å²) < 4.78 is 18.5. The van der Waals surface area contributed by atoms with Gasteiger partial charge in [0.25, 0.3) is 5.91 Å². The average molecular weight is 355 g/mol. The van der Waals surface area contributed by atoms with E-state index in [1.165, 1.54) is 12.1 Å². The number of ether oxygens (including phenoxy) is 1. The summed E-state index contributed by atoms with van der Waals surface area (Å²) in [6.07, 6.45) is 1.74. The summed E-state index contributed by atoms with van der Waals surface area (Å²) in [6, 6.07) is 11.1. The Morgan fingerprint density at radius 1 is 1.23 bits per heavy atom. The molecule has 2 heterocycles. The van der Waals surface area contributed by atoms with Gasteiger partial charge in [-0.15, -0.1) is 0 Å². The summed E-state index contributed by atoms with van der Waals surface area (Å²) in [5, 5.41) is 5.59. The van der Waals surface area contributed by atoms with E-state index in [0.717, 1.165) is 18.4 Å². The Kier molecular flexibility index (Phi) is 4.20. The quantitative estimate of drug-likeness (QED) is 0.866. The number of halogens is 1. The van der Waals surface area contributed by atoms with Crippen LogP contribution < -0.4 is 15.4 Å². The van der Waals surface area contributed by atoms with Crippen molar-refractivity contribution in [3.63, 3.8) is 0 Å². The van der Waals surface area contributed by atoms with Crippen molar-refractivity contribution >= 4 is 23.3 Å². The van der Waals surface area contributed by atoms with Crippen LogP contribution in [0.2, 0.25) is 0 Å². The van der Waals surface area contributed by atoms with E-state index in [1.807, 2.05) is 0 Å². The second-order valence-corrected chi connectivity index (χ2v) is 6.38. The summed E-state index contributed by atoms with van der Waals surface area (Å²) >= 11 is 0. The van der Waals surface area contributed by atoms with Crippen LogP contribution in [0.5, 0.6) is 5.75 Å². The zero-order chi connectivity index (χ0) is 18.1. The molecule has 0 radical (unpaired) electrons. The fourth-order valence-electron chi connectivity index (χ4n) is 3.39. The van der Waals surface area contributed by atoms with Crippen LogP contribution in [0.3, 0.4) is 0 Å². The zero-order valence-corrected chi connectivity index (χ0v) is 14.0. The lowest BCUT2D eigenvalue weighted by molar-refractivity contribution is -0.118. The van der Waals surface area contributed by atoms with Crippen LogP contribution in [0.4, 0.5) is 20.6 Å². The van der Waals surface area contributed by atoms with Gasteiger partial charge in [-0.05, 0) is 42.7 Å². The van der Waals surface area contributed by atoms with Crippen LogP contribution in [-0.2, 0) is 4.79 Å². The molecule has 0 spiro atoms. The van der Waals surface area contributed by atoms with Crippen molar-refractivity contribution < 1.29 is 18.7 Å². The number of hydrogen-bond acceptors (Lipinski definition) is 3. The molecule has 1 atom stereocenters. The van der Waals surface area contributed by atoms with Crippen molar-refractivity contribution in [1.82, 2.24) is 4.90 Å². The molecular weight excluding hydrogens is 337 g/mol. The van der Waals surface area contributed by atoms with E-state index >= 15 is 0 Å². The van der Waals surface area contributed by atoms with Crippen LogP contribution in [0, 0.1) is 5.82 Å². The first kappa shape index (κ1) is 16.4. The fourth-order valence-corrected chi connectivity index (χ4v) is 3.39. The molecule has 0 aromatic heterocycles. The Hall–Kier alpha value is -3.09. The van der Waals surface area contributed by atoms with Gasteiger partial charge in [-0.3, -0.25) is 4.79 Å². The Bertz CT molecular complexity index is 854. The maximum absolute atomic E-state index is 13.1. The lowest BCUT2D eigenvalue weighted by Crippen LogP contribution is -2.34. The molecule has 7 heteroatoms. The zero-order valence-electron chi connectivity index (χ0n) is 14.0. The summed E-state index contributed by atoms with van der Waals surface area (Å²) in [4.78, 5) is 25.8. The summed E-state index contributed by atoms with van der Waals surface area (Å²) in [7, 11) is 0. The van der Waals surface area contributed by atoms with Gasteiger partial charge in [0.05, 0.1) is 11.7 Å². The molecule has 134 valence electrons. The number of likely N-dealkylation sites (tertiary alicyclic amines) is 1. The molecule has 1 saturated heterocycles. The Morgan fingerprint density at radius 2 is 2.04 bits per heavy atom. The topological polar surface area (TPSA) is 70.7 Å². The highest BCUT2D eigenvalue weighted by Crippen LogP contribution is 2.34. The van der Waals surface area contributed by atoms with Crippen LogP contribution >= 0.6 is 0 Å². The van der Waals surface area contributed by atoms with Gasteiger partial charge in [0.1, 0.15) is 11.6 Å². The van der Waals surface area contributed by atoms with Crippen LogP contribution in [0.1, 0.15) is 24.4 Å². The fraction of sp³-hybridized carbons (Fsp3) is 0.263. The second kappa shape index (κ2) is 6.67. The molecule has 1 unspecified atom stereocenters. The number of amides is 3. The lowest BCUT2D eigenvalue weighted by Gasteiger charge is -2.26. The first-order valence-electron chi connectivity index (χ1n) is 8.50. The third kappa shape index (κ3) is 3.20. The molecule has 2 aromatic carbocycles. The van der Waals surface area contributed by atoms with E-state index in [1.54, 1.807) is 35.2 Å².